The summed E-state index contributed by atoms with van der Waals surface area (Å²) in [5.41, 5.74) is 3.53. The van der Waals surface area contributed by atoms with Gasteiger partial charge in [-0.15, -0.1) is 11.3 Å². The number of likely N-dealkylation sites (tertiary alicyclic amines) is 1. The van der Waals surface area contributed by atoms with Crippen molar-refractivity contribution in [3.8, 4) is 16.9 Å². The molecule has 4 rings (SSSR count). The highest BCUT2D eigenvalue weighted by Crippen LogP contribution is 2.33. The third-order valence-electron chi connectivity index (χ3n) is 5.06. The van der Waals surface area contributed by atoms with Crippen molar-refractivity contribution in [2.75, 3.05) is 13.1 Å². The molecule has 0 aliphatic carbocycles. The van der Waals surface area contributed by atoms with Gasteiger partial charge in [0, 0.05) is 40.2 Å². The lowest BCUT2D eigenvalue weighted by Crippen LogP contribution is -2.37. The second-order valence-corrected chi connectivity index (χ2v) is 8.72. The summed E-state index contributed by atoms with van der Waals surface area (Å²) in [6.07, 6.45) is 3.52. The van der Waals surface area contributed by atoms with Gasteiger partial charge in [0.2, 0.25) is 0 Å². The van der Waals surface area contributed by atoms with Gasteiger partial charge in [0.1, 0.15) is 11.5 Å². The lowest BCUT2D eigenvalue weighted by Gasteiger charge is -2.29. The average molecular weight is 386 g/mol. The molecule has 3 heterocycles. The highest BCUT2D eigenvalue weighted by Gasteiger charge is 2.22. The molecule has 1 aliphatic heterocycles. The Morgan fingerprint density at radius 1 is 1.30 bits per heavy atom. The molecule has 0 unspecified atom stereocenters. The third-order valence-corrected chi connectivity index (χ3v) is 6.03. The molecule has 0 radical (unpaired) electrons. The van der Waals surface area contributed by atoms with Crippen LogP contribution < -0.4 is 0 Å². The predicted octanol–water partition coefficient (Wildman–Crippen LogP) is 4.31. The number of aryl methyl sites for hydroxylation is 2. The molecular formula is C21H24FN3OS. The van der Waals surface area contributed by atoms with Gasteiger partial charge in [-0.05, 0) is 51.4 Å². The molecule has 0 saturated carbocycles. The van der Waals surface area contributed by atoms with Gasteiger partial charge in [-0.3, -0.25) is 4.90 Å². The fourth-order valence-corrected chi connectivity index (χ4v) is 4.72. The Balaban J connectivity index is 1.75. The molecule has 1 aromatic carbocycles. The zero-order valence-electron chi connectivity index (χ0n) is 15.7. The fourth-order valence-electron chi connectivity index (χ4n) is 3.79. The van der Waals surface area contributed by atoms with Crippen LogP contribution in [0.15, 0.2) is 36.5 Å². The van der Waals surface area contributed by atoms with Gasteiger partial charge in [0.25, 0.3) is 0 Å². The maximum atomic E-state index is 14.3. The number of aliphatic hydroxyl groups excluding tert-OH is 1. The smallest absolute Gasteiger partial charge is 0.148 e. The molecule has 3 aromatic rings. The maximum Gasteiger partial charge on any atom is 0.148 e. The van der Waals surface area contributed by atoms with Crippen LogP contribution in [-0.2, 0) is 6.54 Å². The van der Waals surface area contributed by atoms with Crippen LogP contribution in [0, 0.1) is 19.7 Å². The summed E-state index contributed by atoms with van der Waals surface area (Å²) < 4.78 is 16.0. The van der Waals surface area contributed by atoms with Crippen LogP contribution in [0.2, 0.25) is 0 Å². The number of thiophene rings is 1. The summed E-state index contributed by atoms with van der Waals surface area (Å²) in [7, 11) is 0. The number of hydrogen-bond donors (Lipinski definition) is 1. The van der Waals surface area contributed by atoms with Gasteiger partial charge in [-0.2, -0.15) is 5.10 Å². The van der Waals surface area contributed by atoms with Crippen molar-refractivity contribution in [2.24, 2.45) is 0 Å². The van der Waals surface area contributed by atoms with E-state index >= 15 is 0 Å². The van der Waals surface area contributed by atoms with E-state index in [1.165, 1.54) is 15.8 Å². The molecule has 2 aromatic heterocycles. The van der Waals surface area contributed by atoms with E-state index in [1.807, 2.05) is 12.3 Å². The van der Waals surface area contributed by atoms with Crippen LogP contribution in [0.5, 0.6) is 0 Å². The lowest BCUT2D eigenvalue weighted by molar-refractivity contribution is 0.0669. The van der Waals surface area contributed by atoms with Crippen LogP contribution >= 0.6 is 11.3 Å². The predicted molar refractivity (Wildman–Crippen MR) is 107 cm³/mol. The number of rotatable bonds is 4. The number of hydrogen-bond acceptors (Lipinski definition) is 4. The molecular weight excluding hydrogens is 361 g/mol. The van der Waals surface area contributed by atoms with Crippen LogP contribution in [0.25, 0.3) is 16.9 Å². The van der Waals surface area contributed by atoms with Crippen molar-refractivity contribution in [3.63, 3.8) is 0 Å². The molecule has 0 amide bonds. The van der Waals surface area contributed by atoms with E-state index in [2.05, 4.69) is 24.8 Å². The molecule has 0 bridgehead atoms. The van der Waals surface area contributed by atoms with Crippen molar-refractivity contribution in [3.05, 3.63) is 57.7 Å². The number of aromatic nitrogens is 2. The van der Waals surface area contributed by atoms with Crippen molar-refractivity contribution >= 4 is 11.3 Å². The minimum absolute atomic E-state index is 0.269. The first-order valence-electron chi connectivity index (χ1n) is 9.32. The van der Waals surface area contributed by atoms with Gasteiger partial charge in [-0.25, -0.2) is 9.07 Å². The highest BCUT2D eigenvalue weighted by molar-refractivity contribution is 7.12. The van der Waals surface area contributed by atoms with Crippen molar-refractivity contribution in [2.45, 2.75) is 39.3 Å². The Morgan fingerprint density at radius 3 is 2.81 bits per heavy atom. The molecule has 142 valence electrons. The number of aliphatic hydroxyl groups is 1. The Hall–Kier alpha value is -2.02. The molecule has 4 nitrogen and oxygen atoms in total. The zero-order valence-corrected chi connectivity index (χ0v) is 16.5. The van der Waals surface area contributed by atoms with Gasteiger partial charge >= 0.3 is 0 Å². The van der Waals surface area contributed by atoms with Crippen molar-refractivity contribution in [1.29, 1.82) is 0 Å². The summed E-state index contributed by atoms with van der Waals surface area (Å²) >= 11 is 1.75. The van der Waals surface area contributed by atoms with E-state index in [0.717, 1.165) is 36.2 Å². The summed E-state index contributed by atoms with van der Waals surface area (Å²) in [6, 6.07) is 8.86. The maximum absolute atomic E-state index is 14.3. The van der Waals surface area contributed by atoms with Gasteiger partial charge in [0.05, 0.1) is 11.8 Å². The molecule has 1 aliphatic rings. The first kappa shape index (κ1) is 18.3. The van der Waals surface area contributed by atoms with Gasteiger partial charge in [0.15, 0.2) is 0 Å². The quantitative estimate of drug-likeness (QED) is 0.727. The van der Waals surface area contributed by atoms with E-state index in [-0.39, 0.29) is 11.9 Å². The molecule has 6 heteroatoms. The number of β-amino-alcohol motifs (C(OH)–C–C–N with tert-alkyl or cyclic N) is 1. The average Bonchev–Trinajstić information content (AvgIpc) is 3.18. The van der Waals surface area contributed by atoms with Gasteiger partial charge < -0.3 is 5.11 Å². The number of para-hydroxylation sites is 1. The van der Waals surface area contributed by atoms with E-state index in [1.54, 1.807) is 28.2 Å². The Kier molecular flexibility index (Phi) is 5.12. The Bertz CT molecular complexity index is 949. The minimum atomic E-state index is -0.287. The van der Waals surface area contributed by atoms with E-state index in [4.69, 9.17) is 5.10 Å². The molecule has 1 saturated heterocycles. The molecule has 0 spiro atoms. The number of benzene rings is 1. The minimum Gasteiger partial charge on any atom is -0.392 e. The standard InChI is InChI=1S/C21H24FN3OS/c1-14-10-18(15(2)27-14)21-16(11-24-9-5-6-17(26)13-24)12-25(23-21)20-8-4-3-7-19(20)22/h3-4,7-8,10,12,17,26H,5-6,9,11,13H2,1-2H3/t17-/m1/s1. The lowest BCUT2D eigenvalue weighted by atomic mass is 10.1. The molecule has 27 heavy (non-hydrogen) atoms. The van der Waals surface area contributed by atoms with E-state index in [0.29, 0.717) is 18.8 Å². The Morgan fingerprint density at radius 2 is 2.11 bits per heavy atom. The van der Waals surface area contributed by atoms with Crippen LogP contribution in [0.1, 0.15) is 28.2 Å². The van der Waals surface area contributed by atoms with E-state index in [9.17, 15) is 9.50 Å². The summed E-state index contributed by atoms with van der Waals surface area (Å²) in [6.45, 7) is 6.53. The first-order valence-corrected chi connectivity index (χ1v) is 10.1. The summed E-state index contributed by atoms with van der Waals surface area (Å²) in [5, 5.41) is 14.8. The molecule has 1 fully saturated rings. The first-order chi connectivity index (χ1) is 13.0. The highest BCUT2D eigenvalue weighted by atomic mass is 32.1. The number of piperidine rings is 1. The molecule has 1 N–H and O–H groups in total. The monoisotopic (exact) mass is 385 g/mol. The normalized spacial score (nSPS) is 18.1. The van der Waals surface area contributed by atoms with Crippen LogP contribution in [-0.4, -0.2) is 39.0 Å². The Labute approximate surface area is 162 Å². The van der Waals surface area contributed by atoms with E-state index < -0.39 is 0 Å². The third kappa shape index (κ3) is 3.83. The van der Waals surface area contributed by atoms with Crippen LogP contribution in [0.3, 0.4) is 0 Å². The number of nitrogens with zero attached hydrogens (tertiary/aromatic N) is 3. The topological polar surface area (TPSA) is 41.3 Å². The van der Waals surface area contributed by atoms with Crippen molar-refractivity contribution < 1.29 is 9.50 Å². The van der Waals surface area contributed by atoms with Gasteiger partial charge in [-0.1, -0.05) is 12.1 Å². The summed E-state index contributed by atoms with van der Waals surface area (Å²) in [4.78, 5) is 4.71. The number of halogens is 1. The van der Waals surface area contributed by atoms with Crippen LogP contribution in [0.4, 0.5) is 4.39 Å². The fraction of sp³-hybridized carbons (Fsp3) is 0.381. The largest absolute Gasteiger partial charge is 0.392 e. The zero-order chi connectivity index (χ0) is 19.0. The second-order valence-electron chi connectivity index (χ2n) is 7.26. The SMILES string of the molecule is Cc1cc(-c2nn(-c3ccccc3F)cc2CN2CCC[C@@H](O)C2)c(C)s1. The van der Waals surface area contributed by atoms with Crippen molar-refractivity contribution in [1.82, 2.24) is 14.7 Å². The summed E-state index contributed by atoms with van der Waals surface area (Å²) in [5.74, 6) is -0.287. The second kappa shape index (κ2) is 7.54. The molecule has 1 atom stereocenters.